The van der Waals surface area contributed by atoms with E-state index in [4.69, 9.17) is 4.74 Å². The van der Waals surface area contributed by atoms with E-state index in [0.717, 1.165) is 12.8 Å². The van der Waals surface area contributed by atoms with Crippen LogP contribution in [0.25, 0.3) is 5.69 Å². The summed E-state index contributed by atoms with van der Waals surface area (Å²) in [6.45, 7) is 2.82. The van der Waals surface area contributed by atoms with E-state index in [-0.39, 0.29) is 0 Å². The number of aromatic nitrogens is 4. The van der Waals surface area contributed by atoms with Gasteiger partial charge in [0, 0.05) is 5.56 Å². The van der Waals surface area contributed by atoms with Crippen LogP contribution in [0.5, 0.6) is 5.75 Å². The zero-order valence-corrected chi connectivity index (χ0v) is 16.7. The quantitative estimate of drug-likeness (QED) is 0.416. The molecule has 0 bridgehead atoms. The summed E-state index contributed by atoms with van der Waals surface area (Å²) >= 11 is 0. The maximum atomic E-state index is 12.5. The first-order valence-corrected chi connectivity index (χ1v) is 9.85. The van der Waals surface area contributed by atoms with E-state index in [9.17, 15) is 9.59 Å². The SMILES string of the molecule is CCCCCCOc1ccc(C(=O)NNC(=O)c2ccccc2-n2cnnn2)cc1. The third kappa shape index (κ3) is 5.63. The number of para-hydroxylation sites is 1. The molecule has 1 aromatic heterocycles. The van der Waals surface area contributed by atoms with Gasteiger partial charge in [0.1, 0.15) is 12.1 Å². The molecule has 9 heteroatoms. The Morgan fingerprint density at radius 2 is 1.73 bits per heavy atom. The van der Waals surface area contributed by atoms with Gasteiger partial charge in [-0.3, -0.25) is 20.4 Å². The molecule has 0 spiro atoms. The number of nitrogens with one attached hydrogen (secondary N) is 2. The molecule has 0 saturated carbocycles. The normalized spacial score (nSPS) is 10.4. The van der Waals surface area contributed by atoms with Gasteiger partial charge in [-0.15, -0.1) is 5.10 Å². The smallest absolute Gasteiger partial charge is 0.271 e. The molecule has 2 amide bonds. The van der Waals surface area contributed by atoms with Gasteiger partial charge < -0.3 is 4.74 Å². The lowest BCUT2D eigenvalue weighted by Crippen LogP contribution is -2.42. The Bertz CT molecular complexity index is 957. The highest BCUT2D eigenvalue weighted by molar-refractivity contribution is 6.00. The third-order valence-electron chi connectivity index (χ3n) is 4.42. The van der Waals surface area contributed by atoms with Crippen LogP contribution in [-0.4, -0.2) is 38.6 Å². The molecule has 1 heterocycles. The van der Waals surface area contributed by atoms with Crippen molar-refractivity contribution in [2.24, 2.45) is 0 Å². The highest BCUT2D eigenvalue weighted by Crippen LogP contribution is 2.14. The number of hydrogen-bond donors (Lipinski definition) is 2. The molecule has 3 aromatic rings. The predicted octanol–water partition coefficient (Wildman–Crippen LogP) is 2.70. The van der Waals surface area contributed by atoms with Gasteiger partial charge in [-0.1, -0.05) is 38.3 Å². The summed E-state index contributed by atoms with van der Waals surface area (Å²) in [6.07, 6.45) is 5.93. The number of unbranched alkanes of at least 4 members (excludes halogenated alkanes) is 3. The van der Waals surface area contributed by atoms with Gasteiger partial charge in [0.2, 0.25) is 0 Å². The van der Waals surface area contributed by atoms with E-state index in [1.165, 1.54) is 23.9 Å². The number of amides is 2. The van der Waals surface area contributed by atoms with Crippen molar-refractivity contribution in [1.82, 2.24) is 31.1 Å². The van der Waals surface area contributed by atoms with Crippen LogP contribution in [-0.2, 0) is 0 Å². The fraction of sp³-hybridized carbons (Fsp3) is 0.286. The number of benzene rings is 2. The zero-order valence-electron chi connectivity index (χ0n) is 16.7. The van der Waals surface area contributed by atoms with Crippen LogP contribution in [0.1, 0.15) is 53.3 Å². The Hall–Kier alpha value is -3.75. The predicted molar refractivity (Wildman–Crippen MR) is 110 cm³/mol. The Morgan fingerprint density at radius 1 is 0.967 bits per heavy atom. The van der Waals surface area contributed by atoms with Gasteiger partial charge in [-0.05, 0) is 53.2 Å². The van der Waals surface area contributed by atoms with Gasteiger partial charge in [0.05, 0.1) is 17.9 Å². The lowest BCUT2D eigenvalue weighted by Gasteiger charge is -2.11. The molecule has 2 N–H and O–H groups in total. The molecular formula is C21H24N6O3. The summed E-state index contributed by atoms with van der Waals surface area (Å²) in [6, 6.07) is 13.6. The van der Waals surface area contributed by atoms with E-state index in [1.807, 2.05) is 0 Å². The first-order chi connectivity index (χ1) is 14.7. The number of nitrogens with zero attached hydrogens (tertiary/aromatic N) is 4. The van der Waals surface area contributed by atoms with Gasteiger partial charge in [-0.25, -0.2) is 0 Å². The number of carbonyl (C=O) groups is 2. The first kappa shape index (κ1) is 21.0. The van der Waals surface area contributed by atoms with Crippen molar-refractivity contribution >= 4 is 11.8 Å². The summed E-state index contributed by atoms with van der Waals surface area (Å²) in [7, 11) is 0. The van der Waals surface area contributed by atoms with Crippen molar-refractivity contribution < 1.29 is 14.3 Å². The van der Waals surface area contributed by atoms with Gasteiger partial charge in [-0.2, -0.15) is 4.68 Å². The molecular weight excluding hydrogens is 384 g/mol. The fourth-order valence-electron chi connectivity index (χ4n) is 2.81. The highest BCUT2D eigenvalue weighted by Gasteiger charge is 2.14. The molecule has 3 rings (SSSR count). The van der Waals surface area contributed by atoms with E-state index >= 15 is 0 Å². The van der Waals surface area contributed by atoms with Crippen LogP contribution in [0.15, 0.2) is 54.9 Å². The summed E-state index contributed by atoms with van der Waals surface area (Å²) < 4.78 is 7.04. The molecule has 0 saturated heterocycles. The van der Waals surface area contributed by atoms with E-state index < -0.39 is 11.8 Å². The number of hydrogen-bond acceptors (Lipinski definition) is 6. The second kappa shape index (κ2) is 10.7. The van der Waals surface area contributed by atoms with Crippen LogP contribution in [0.3, 0.4) is 0 Å². The standard InChI is InChI=1S/C21H24N6O3/c1-2-3-4-7-14-30-17-12-10-16(11-13-17)20(28)23-24-21(29)18-8-5-6-9-19(18)27-15-22-25-26-27/h5-6,8-13,15H,2-4,7,14H2,1H3,(H,23,28)(H,24,29). The van der Waals surface area contributed by atoms with Crippen LogP contribution in [0, 0.1) is 0 Å². The van der Waals surface area contributed by atoms with E-state index in [1.54, 1.807) is 48.5 Å². The molecule has 156 valence electrons. The number of rotatable bonds is 9. The van der Waals surface area contributed by atoms with Crippen molar-refractivity contribution in [3.05, 3.63) is 66.0 Å². The molecule has 0 aliphatic carbocycles. The Morgan fingerprint density at radius 3 is 2.47 bits per heavy atom. The molecule has 0 aliphatic heterocycles. The Labute approximate surface area is 174 Å². The van der Waals surface area contributed by atoms with Crippen LogP contribution in [0.4, 0.5) is 0 Å². The van der Waals surface area contributed by atoms with Gasteiger partial charge >= 0.3 is 0 Å². The second-order valence-corrected chi connectivity index (χ2v) is 6.61. The minimum Gasteiger partial charge on any atom is -0.494 e. The number of carbonyl (C=O) groups excluding carboxylic acids is 2. The largest absolute Gasteiger partial charge is 0.494 e. The molecule has 0 unspecified atom stereocenters. The topological polar surface area (TPSA) is 111 Å². The van der Waals surface area contributed by atoms with Crippen molar-refractivity contribution in [3.8, 4) is 11.4 Å². The molecule has 0 fully saturated rings. The molecule has 0 aliphatic rings. The highest BCUT2D eigenvalue weighted by atomic mass is 16.5. The summed E-state index contributed by atoms with van der Waals surface area (Å²) in [4.78, 5) is 24.8. The molecule has 2 aromatic carbocycles. The average molecular weight is 408 g/mol. The minimum atomic E-state index is -0.485. The minimum absolute atomic E-state index is 0.317. The monoisotopic (exact) mass is 408 g/mol. The Kier molecular flexibility index (Phi) is 7.48. The molecule has 9 nitrogen and oxygen atoms in total. The lowest BCUT2D eigenvalue weighted by molar-refractivity contribution is 0.0846. The Balaban J connectivity index is 1.53. The van der Waals surface area contributed by atoms with Gasteiger partial charge in [0.25, 0.3) is 11.8 Å². The van der Waals surface area contributed by atoms with E-state index in [2.05, 4.69) is 33.3 Å². The summed E-state index contributed by atoms with van der Waals surface area (Å²) in [5.74, 6) is -0.207. The third-order valence-corrected chi connectivity index (χ3v) is 4.42. The van der Waals surface area contributed by atoms with Crippen molar-refractivity contribution in [2.75, 3.05) is 6.61 Å². The summed E-state index contributed by atoms with van der Waals surface area (Å²) in [5.41, 5.74) is 6.05. The average Bonchev–Trinajstić information content (AvgIpc) is 3.32. The lowest BCUT2D eigenvalue weighted by atomic mass is 10.1. The zero-order chi connectivity index (χ0) is 21.2. The van der Waals surface area contributed by atoms with Crippen LogP contribution in [0.2, 0.25) is 0 Å². The van der Waals surface area contributed by atoms with Gasteiger partial charge in [0.15, 0.2) is 0 Å². The first-order valence-electron chi connectivity index (χ1n) is 9.85. The number of hydrazine groups is 1. The number of tetrazole rings is 1. The maximum absolute atomic E-state index is 12.5. The van der Waals surface area contributed by atoms with Crippen LogP contribution >= 0.6 is 0 Å². The molecule has 0 atom stereocenters. The second-order valence-electron chi connectivity index (χ2n) is 6.61. The van der Waals surface area contributed by atoms with E-state index in [0.29, 0.717) is 29.2 Å². The van der Waals surface area contributed by atoms with Crippen molar-refractivity contribution in [3.63, 3.8) is 0 Å². The maximum Gasteiger partial charge on any atom is 0.271 e. The van der Waals surface area contributed by atoms with Crippen molar-refractivity contribution in [2.45, 2.75) is 32.6 Å². The number of ether oxygens (including phenoxy) is 1. The molecule has 0 radical (unpaired) electrons. The molecule has 30 heavy (non-hydrogen) atoms. The van der Waals surface area contributed by atoms with Crippen LogP contribution < -0.4 is 15.6 Å². The van der Waals surface area contributed by atoms with Crippen molar-refractivity contribution in [1.29, 1.82) is 0 Å². The fourth-order valence-corrected chi connectivity index (χ4v) is 2.81. The summed E-state index contributed by atoms with van der Waals surface area (Å²) in [5, 5.41) is 10.9.